The summed E-state index contributed by atoms with van der Waals surface area (Å²) in [5, 5.41) is 21.5. The lowest BCUT2D eigenvalue weighted by Crippen LogP contribution is -2.29. The van der Waals surface area contributed by atoms with E-state index < -0.39 is 17.7 Å². The van der Waals surface area contributed by atoms with E-state index in [9.17, 15) is 19.8 Å². The molecule has 4 aromatic rings. The average Bonchev–Trinajstić information content (AvgIpc) is 3.22. The second-order valence-electron chi connectivity index (χ2n) is 9.45. The highest BCUT2D eigenvalue weighted by Crippen LogP contribution is 2.42. The van der Waals surface area contributed by atoms with E-state index >= 15 is 0 Å². The number of likely N-dealkylation sites (tertiary alicyclic amines) is 1. The highest BCUT2D eigenvalue weighted by molar-refractivity contribution is 6.46. The Balaban J connectivity index is 1.51. The number of benzene rings is 3. The van der Waals surface area contributed by atoms with Crippen LogP contribution in [0.1, 0.15) is 33.9 Å². The lowest BCUT2D eigenvalue weighted by atomic mass is 9.94. The molecule has 1 saturated heterocycles. The van der Waals surface area contributed by atoms with Crippen molar-refractivity contribution >= 4 is 17.4 Å². The highest BCUT2D eigenvalue weighted by Gasteiger charge is 2.46. The topological polar surface area (TPSA) is 109 Å². The summed E-state index contributed by atoms with van der Waals surface area (Å²) in [6.45, 7) is 2.52. The number of nitrogens with zero attached hydrogens (tertiary/aromatic N) is 2. The molecule has 8 nitrogen and oxygen atoms in total. The zero-order valence-electron chi connectivity index (χ0n) is 22.1. The Labute approximate surface area is 231 Å². The number of aryl methyl sites for hydroxylation is 1. The van der Waals surface area contributed by atoms with Crippen LogP contribution in [0.2, 0.25) is 0 Å². The molecule has 1 aromatic heterocycles. The van der Waals surface area contributed by atoms with Crippen LogP contribution in [0.4, 0.5) is 0 Å². The van der Waals surface area contributed by atoms with E-state index in [1.807, 2.05) is 31.2 Å². The molecule has 2 N–H and O–H groups in total. The van der Waals surface area contributed by atoms with E-state index in [4.69, 9.17) is 9.47 Å². The Kier molecular flexibility index (Phi) is 7.50. The maximum absolute atomic E-state index is 13.4. The number of hydrogen-bond donors (Lipinski definition) is 2. The number of ether oxygens (including phenoxy) is 2. The van der Waals surface area contributed by atoms with Crippen LogP contribution in [0, 0.1) is 6.92 Å². The molecule has 2 heterocycles. The first kappa shape index (κ1) is 26.5. The maximum atomic E-state index is 13.4. The normalized spacial score (nSPS) is 16.2. The molecule has 0 radical (unpaired) electrons. The van der Waals surface area contributed by atoms with Gasteiger partial charge in [-0.2, -0.15) is 0 Å². The minimum absolute atomic E-state index is 0.0552. The minimum Gasteiger partial charge on any atom is -0.507 e. The quantitative estimate of drug-likeness (QED) is 0.179. The number of rotatable bonds is 8. The van der Waals surface area contributed by atoms with Crippen molar-refractivity contribution in [3.8, 4) is 17.2 Å². The molecule has 0 aliphatic carbocycles. The van der Waals surface area contributed by atoms with E-state index in [0.29, 0.717) is 23.5 Å². The third kappa shape index (κ3) is 5.24. The molecule has 1 fully saturated rings. The van der Waals surface area contributed by atoms with E-state index in [1.54, 1.807) is 60.9 Å². The fraction of sp³-hybridized carbons (Fsp3) is 0.156. The van der Waals surface area contributed by atoms with E-state index in [1.165, 1.54) is 18.1 Å². The molecule has 3 aromatic carbocycles. The Morgan fingerprint density at radius 3 is 2.40 bits per heavy atom. The van der Waals surface area contributed by atoms with Crippen molar-refractivity contribution in [1.82, 2.24) is 9.88 Å². The predicted octanol–water partition coefficient (Wildman–Crippen LogP) is 5.31. The van der Waals surface area contributed by atoms with Crippen molar-refractivity contribution in [3.05, 3.63) is 125 Å². The molecular formula is C32H28N2O6. The highest BCUT2D eigenvalue weighted by atomic mass is 16.5. The van der Waals surface area contributed by atoms with Crippen LogP contribution in [0.3, 0.4) is 0 Å². The van der Waals surface area contributed by atoms with E-state index in [2.05, 4.69) is 4.98 Å². The van der Waals surface area contributed by atoms with Gasteiger partial charge in [-0.05, 0) is 77.7 Å². The molecular weight excluding hydrogens is 508 g/mol. The Morgan fingerprint density at radius 2 is 1.70 bits per heavy atom. The van der Waals surface area contributed by atoms with Crippen LogP contribution in [0.25, 0.3) is 5.76 Å². The number of aliphatic hydroxyl groups is 1. The van der Waals surface area contributed by atoms with Gasteiger partial charge < -0.3 is 24.6 Å². The second kappa shape index (κ2) is 11.3. The number of carbonyl (C=O) groups is 2. The van der Waals surface area contributed by atoms with Gasteiger partial charge in [0.25, 0.3) is 11.7 Å². The lowest BCUT2D eigenvalue weighted by molar-refractivity contribution is -0.140. The number of ketones is 1. The van der Waals surface area contributed by atoms with Gasteiger partial charge in [0, 0.05) is 24.5 Å². The monoisotopic (exact) mass is 536 g/mol. The molecule has 0 spiro atoms. The summed E-state index contributed by atoms with van der Waals surface area (Å²) in [5.41, 5.74) is 3.76. The molecule has 1 unspecified atom stereocenters. The number of phenols is 1. The summed E-state index contributed by atoms with van der Waals surface area (Å²) in [7, 11) is 1.41. The number of aromatic nitrogens is 1. The smallest absolute Gasteiger partial charge is 0.295 e. The summed E-state index contributed by atoms with van der Waals surface area (Å²) in [6, 6.07) is 21.8. The molecule has 202 valence electrons. The van der Waals surface area contributed by atoms with E-state index in [0.717, 1.165) is 16.7 Å². The first-order valence-electron chi connectivity index (χ1n) is 12.7. The van der Waals surface area contributed by atoms with Crippen LogP contribution in [0.15, 0.2) is 96.8 Å². The second-order valence-corrected chi connectivity index (χ2v) is 9.45. The number of pyridine rings is 1. The van der Waals surface area contributed by atoms with Gasteiger partial charge in [-0.25, -0.2) is 0 Å². The molecule has 1 atom stereocenters. The van der Waals surface area contributed by atoms with Crippen LogP contribution < -0.4 is 9.47 Å². The number of aliphatic hydroxyl groups excluding tert-OH is 1. The summed E-state index contributed by atoms with van der Waals surface area (Å²) in [4.78, 5) is 32.0. The number of carbonyl (C=O) groups excluding carboxylic acids is 2. The van der Waals surface area contributed by atoms with Gasteiger partial charge in [0.05, 0.1) is 18.7 Å². The van der Waals surface area contributed by atoms with Gasteiger partial charge in [-0.3, -0.25) is 14.6 Å². The van der Waals surface area contributed by atoms with Gasteiger partial charge in [0.2, 0.25) is 0 Å². The summed E-state index contributed by atoms with van der Waals surface area (Å²) < 4.78 is 11.2. The number of amides is 1. The number of methoxy groups -OCH3 is 1. The SMILES string of the molecule is COc1cc(C2/C(=C(/O)c3ccc(OCc4ccccc4C)cc3)C(=O)C(=O)N2Cc2ccncc2)ccc1O. The summed E-state index contributed by atoms with van der Waals surface area (Å²) in [6.07, 6.45) is 3.21. The number of Topliss-reactive ketones (excluding diaryl/α,β-unsaturated/α-hetero) is 1. The van der Waals surface area contributed by atoms with Gasteiger partial charge >= 0.3 is 0 Å². The number of hydrogen-bond acceptors (Lipinski definition) is 7. The van der Waals surface area contributed by atoms with Crippen molar-refractivity contribution in [2.75, 3.05) is 7.11 Å². The van der Waals surface area contributed by atoms with Crippen molar-refractivity contribution in [1.29, 1.82) is 0 Å². The van der Waals surface area contributed by atoms with Gasteiger partial charge in [-0.15, -0.1) is 0 Å². The third-order valence-corrected chi connectivity index (χ3v) is 6.95. The minimum atomic E-state index is -0.917. The molecule has 1 aliphatic heterocycles. The first-order valence-corrected chi connectivity index (χ1v) is 12.7. The maximum Gasteiger partial charge on any atom is 0.295 e. The fourth-order valence-electron chi connectivity index (χ4n) is 4.74. The molecule has 5 rings (SSSR count). The lowest BCUT2D eigenvalue weighted by Gasteiger charge is -2.26. The molecule has 0 bridgehead atoms. The van der Waals surface area contributed by atoms with Crippen molar-refractivity contribution < 1.29 is 29.3 Å². The molecule has 1 amide bonds. The fourth-order valence-corrected chi connectivity index (χ4v) is 4.74. The molecule has 1 aliphatic rings. The number of phenolic OH excluding ortho intramolecular Hbond substituents is 1. The predicted molar refractivity (Wildman–Crippen MR) is 149 cm³/mol. The van der Waals surface area contributed by atoms with Crippen molar-refractivity contribution in [2.45, 2.75) is 26.1 Å². The first-order chi connectivity index (χ1) is 19.4. The molecule has 0 saturated carbocycles. The Bertz CT molecular complexity index is 1580. The zero-order chi connectivity index (χ0) is 28.2. The van der Waals surface area contributed by atoms with Gasteiger partial charge in [0.15, 0.2) is 11.5 Å². The molecule has 8 heteroatoms. The number of aromatic hydroxyl groups is 1. The van der Waals surface area contributed by atoms with E-state index in [-0.39, 0.29) is 29.4 Å². The summed E-state index contributed by atoms with van der Waals surface area (Å²) in [5.74, 6) is -1.16. The molecule has 40 heavy (non-hydrogen) atoms. The zero-order valence-corrected chi connectivity index (χ0v) is 22.1. The largest absolute Gasteiger partial charge is 0.507 e. The van der Waals surface area contributed by atoms with Crippen molar-refractivity contribution in [2.24, 2.45) is 0 Å². The average molecular weight is 537 g/mol. The third-order valence-electron chi connectivity index (χ3n) is 6.95. The Morgan fingerprint density at radius 1 is 0.975 bits per heavy atom. The van der Waals surface area contributed by atoms with Gasteiger partial charge in [-0.1, -0.05) is 30.3 Å². The van der Waals surface area contributed by atoms with Crippen LogP contribution >= 0.6 is 0 Å². The Hall–Kier alpha value is -5.11. The standard InChI is InChI=1S/C32H28N2O6/c1-20-5-3-4-6-24(20)19-40-25-10-7-22(8-11-25)30(36)28-29(23-9-12-26(35)27(17-23)39-2)34(32(38)31(28)37)18-21-13-15-33-16-14-21/h3-17,29,35-36H,18-19H2,1-2H3/b30-28-. The van der Waals surface area contributed by atoms with Crippen LogP contribution in [-0.4, -0.2) is 38.9 Å². The van der Waals surface area contributed by atoms with Gasteiger partial charge in [0.1, 0.15) is 18.1 Å². The van der Waals surface area contributed by atoms with Crippen molar-refractivity contribution in [3.63, 3.8) is 0 Å². The summed E-state index contributed by atoms with van der Waals surface area (Å²) >= 11 is 0. The van der Waals surface area contributed by atoms with Crippen LogP contribution in [0.5, 0.6) is 17.2 Å². The van der Waals surface area contributed by atoms with Crippen LogP contribution in [-0.2, 0) is 22.7 Å².